The molecule has 1 fully saturated rings. The van der Waals surface area contributed by atoms with Crippen LogP contribution >= 0.6 is 0 Å². The molecule has 0 heterocycles. The highest BCUT2D eigenvalue weighted by Crippen LogP contribution is 2.27. The fourth-order valence-electron chi connectivity index (χ4n) is 2.76. The minimum Gasteiger partial charge on any atom is -0.328 e. The van der Waals surface area contributed by atoms with E-state index in [4.69, 9.17) is 5.73 Å². The van der Waals surface area contributed by atoms with E-state index < -0.39 is 0 Å². The second-order valence-electron chi connectivity index (χ2n) is 5.54. The Labute approximate surface area is 88.8 Å². The molecule has 1 aliphatic carbocycles. The Morgan fingerprint density at radius 3 is 2.36 bits per heavy atom. The van der Waals surface area contributed by atoms with Crippen LogP contribution in [0.5, 0.6) is 0 Å². The van der Waals surface area contributed by atoms with E-state index in [1.807, 2.05) is 0 Å². The van der Waals surface area contributed by atoms with Crippen LogP contribution in [0.3, 0.4) is 0 Å². The molecular formula is C12H26N2. The predicted molar refractivity (Wildman–Crippen MR) is 62.4 cm³/mol. The molecule has 1 rings (SSSR count). The van der Waals surface area contributed by atoms with Gasteiger partial charge in [-0.1, -0.05) is 13.3 Å². The standard InChI is InChI=1S/C12H26N2/c1-5-14(12(2,3)4)11-8-6-7-10(13)9-11/h10-11H,5-9,13H2,1-4H3. The van der Waals surface area contributed by atoms with Crippen molar-refractivity contribution >= 4 is 0 Å². The normalized spacial score (nSPS) is 29.6. The van der Waals surface area contributed by atoms with E-state index in [-0.39, 0.29) is 5.54 Å². The fourth-order valence-corrected chi connectivity index (χ4v) is 2.76. The second kappa shape index (κ2) is 4.63. The van der Waals surface area contributed by atoms with Crippen molar-refractivity contribution < 1.29 is 0 Å². The summed E-state index contributed by atoms with van der Waals surface area (Å²) in [5, 5.41) is 0. The molecule has 0 aliphatic heterocycles. The van der Waals surface area contributed by atoms with E-state index in [2.05, 4.69) is 32.6 Å². The van der Waals surface area contributed by atoms with Crippen LogP contribution in [-0.2, 0) is 0 Å². The molecule has 0 aromatic carbocycles. The molecule has 1 saturated carbocycles. The number of rotatable bonds is 2. The summed E-state index contributed by atoms with van der Waals surface area (Å²) in [5.41, 5.74) is 6.32. The van der Waals surface area contributed by atoms with E-state index >= 15 is 0 Å². The molecule has 2 heteroatoms. The average Bonchev–Trinajstić information content (AvgIpc) is 2.02. The van der Waals surface area contributed by atoms with E-state index in [9.17, 15) is 0 Å². The number of hydrogen-bond donors (Lipinski definition) is 1. The van der Waals surface area contributed by atoms with Crippen molar-refractivity contribution in [1.29, 1.82) is 0 Å². The van der Waals surface area contributed by atoms with E-state index in [1.54, 1.807) is 0 Å². The predicted octanol–water partition coefficient (Wildman–Crippen LogP) is 2.38. The quantitative estimate of drug-likeness (QED) is 0.738. The third-order valence-corrected chi connectivity index (χ3v) is 3.33. The summed E-state index contributed by atoms with van der Waals surface area (Å²) in [6, 6.07) is 1.15. The number of hydrogen-bond acceptors (Lipinski definition) is 2. The molecule has 1 aliphatic rings. The van der Waals surface area contributed by atoms with Crippen molar-refractivity contribution in [2.45, 2.75) is 71.0 Å². The molecule has 84 valence electrons. The SMILES string of the molecule is CCN(C1CCCC(N)C1)C(C)(C)C. The van der Waals surface area contributed by atoms with Gasteiger partial charge in [0.1, 0.15) is 0 Å². The molecule has 0 aromatic heterocycles. The Bertz CT molecular complexity index is 172. The zero-order valence-electron chi connectivity index (χ0n) is 10.2. The molecule has 0 radical (unpaired) electrons. The van der Waals surface area contributed by atoms with E-state index in [0.29, 0.717) is 12.1 Å². The Morgan fingerprint density at radius 2 is 1.93 bits per heavy atom. The van der Waals surface area contributed by atoms with Crippen LogP contribution in [0.25, 0.3) is 0 Å². The van der Waals surface area contributed by atoms with Crippen LogP contribution in [0.15, 0.2) is 0 Å². The van der Waals surface area contributed by atoms with Gasteiger partial charge in [-0.05, 0) is 46.6 Å². The maximum absolute atomic E-state index is 6.03. The summed E-state index contributed by atoms with van der Waals surface area (Å²) in [6.45, 7) is 10.3. The lowest BCUT2D eigenvalue weighted by Crippen LogP contribution is -2.51. The van der Waals surface area contributed by atoms with Gasteiger partial charge in [-0.2, -0.15) is 0 Å². The maximum atomic E-state index is 6.03. The molecule has 14 heavy (non-hydrogen) atoms. The molecule has 0 amide bonds. The summed E-state index contributed by atoms with van der Waals surface area (Å²) in [4.78, 5) is 2.60. The number of nitrogens with two attached hydrogens (primary N) is 1. The first-order valence-corrected chi connectivity index (χ1v) is 5.97. The summed E-state index contributed by atoms with van der Waals surface area (Å²) in [7, 11) is 0. The zero-order chi connectivity index (χ0) is 10.8. The number of nitrogens with zero attached hydrogens (tertiary/aromatic N) is 1. The first-order valence-electron chi connectivity index (χ1n) is 5.97. The molecule has 0 saturated heterocycles. The highest BCUT2D eigenvalue weighted by Gasteiger charge is 2.30. The van der Waals surface area contributed by atoms with Gasteiger partial charge in [-0.25, -0.2) is 0 Å². The van der Waals surface area contributed by atoms with Crippen molar-refractivity contribution in [2.75, 3.05) is 6.54 Å². The Balaban J connectivity index is 2.60. The highest BCUT2D eigenvalue weighted by molar-refractivity contribution is 4.87. The first-order chi connectivity index (χ1) is 6.45. The maximum Gasteiger partial charge on any atom is 0.0127 e. The molecular weight excluding hydrogens is 172 g/mol. The van der Waals surface area contributed by atoms with Crippen molar-refractivity contribution in [2.24, 2.45) is 5.73 Å². The average molecular weight is 198 g/mol. The summed E-state index contributed by atoms with van der Waals surface area (Å²) >= 11 is 0. The van der Waals surface area contributed by atoms with Crippen molar-refractivity contribution in [3.63, 3.8) is 0 Å². The van der Waals surface area contributed by atoms with Crippen LogP contribution in [0.4, 0.5) is 0 Å². The van der Waals surface area contributed by atoms with E-state index in [1.165, 1.54) is 25.7 Å². The summed E-state index contributed by atoms with van der Waals surface area (Å²) in [5.74, 6) is 0. The van der Waals surface area contributed by atoms with Crippen molar-refractivity contribution in [3.8, 4) is 0 Å². The highest BCUT2D eigenvalue weighted by atomic mass is 15.2. The lowest BCUT2D eigenvalue weighted by molar-refractivity contribution is 0.0620. The smallest absolute Gasteiger partial charge is 0.0127 e. The minimum atomic E-state index is 0.288. The minimum absolute atomic E-state index is 0.288. The van der Waals surface area contributed by atoms with Gasteiger partial charge in [-0.15, -0.1) is 0 Å². The fraction of sp³-hybridized carbons (Fsp3) is 1.00. The van der Waals surface area contributed by atoms with Gasteiger partial charge in [0.2, 0.25) is 0 Å². The third-order valence-electron chi connectivity index (χ3n) is 3.33. The second-order valence-corrected chi connectivity index (χ2v) is 5.54. The molecule has 2 atom stereocenters. The van der Waals surface area contributed by atoms with E-state index in [0.717, 1.165) is 6.54 Å². The first kappa shape index (κ1) is 12.0. The van der Waals surface area contributed by atoms with Gasteiger partial charge >= 0.3 is 0 Å². The van der Waals surface area contributed by atoms with Gasteiger partial charge in [-0.3, -0.25) is 4.90 Å². The van der Waals surface area contributed by atoms with Crippen molar-refractivity contribution in [1.82, 2.24) is 4.90 Å². The Kier molecular flexibility index (Phi) is 3.96. The van der Waals surface area contributed by atoms with Crippen LogP contribution in [0.1, 0.15) is 53.4 Å². The monoisotopic (exact) mass is 198 g/mol. The largest absolute Gasteiger partial charge is 0.328 e. The topological polar surface area (TPSA) is 29.3 Å². The van der Waals surface area contributed by atoms with Crippen LogP contribution in [0, 0.1) is 0 Å². The van der Waals surface area contributed by atoms with Crippen LogP contribution < -0.4 is 5.73 Å². The van der Waals surface area contributed by atoms with Crippen LogP contribution in [0.2, 0.25) is 0 Å². The lowest BCUT2D eigenvalue weighted by atomic mass is 9.88. The summed E-state index contributed by atoms with van der Waals surface area (Å²) < 4.78 is 0. The van der Waals surface area contributed by atoms with Crippen molar-refractivity contribution in [3.05, 3.63) is 0 Å². The van der Waals surface area contributed by atoms with Gasteiger partial charge in [0.15, 0.2) is 0 Å². The molecule has 0 aromatic rings. The molecule has 0 bridgehead atoms. The van der Waals surface area contributed by atoms with Gasteiger partial charge in [0.05, 0.1) is 0 Å². The Morgan fingerprint density at radius 1 is 1.29 bits per heavy atom. The van der Waals surface area contributed by atoms with Gasteiger partial charge in [0, 0.05) is 17.6 Å². The Hall–Kier alpha value is -0.0800. The molecule has 2 N–H and O–H groups in total. The van der Waals surface area contributed by atoms with Crippen LogP contribution in [-0.4, -0.2) is 29.1 Å². The summed E-state index contributed by atoms with van der Waals surface area (Å²) in [6.07, 6.45) is 5.04. The van der Waals surface area contributed by atoms with Gasteiger partial charge < -0.3 is 5.73 Å². The molecule has 0 spiro atoms. The molecule has 2 nitrogen and oxygen atoms in total. The third kappa shape index (κ3) is 2.96. The lowest BCUT2D eigenvalue weighted by Gasteiger charge is -2.44. The zero-order valence-corrected chi connectivity index (χ0v) is 10.2. The van der Waals surface area contributed by atoms with Gasteiger partial charge in [0.25, 0.3) is 0 Å². The molecule has 2 unspecified atom stereocenters.